The van der Waals surface area contributed by atoms with Crippen molar-refractivity contribution in [2.24, 2.45) is 5.73 Å². The van der Waals surface area contributed by atoms with Crippen LogP contribution in [0.1, 0.15) is 81.6 Å². The Morgan fingerprint density at radius 1 is 0.667 bits per heavy atom. The second-order valence-electron chi connectivity index (χ2n) is 9.32. The third kappa shape index (κ3) is 51.0. The maximum atomic E-state index is 12.2. The highest BCUT2D eigenvalue weighted by Crippen LogP contribution is 2.09. The van der Waals surface area contributed by atoms with E-state index in [1.165, 1.54) is 19.3 Å². The Labute approximate surface area is 255 Å². The molecular weight excluding hydrogens is 617 g/mol. The molecule has 0 heterocycles. The minimum Gasteiger partial charge on any atom is -0.444 e. The lowest BCUT2D eigenvalue weighted by Crippen LogP contribution is -2.41. The molecule has 10 nitrogen and oxygen atoms in total. The lowest BCUT2D eigenvalue weighted by Gasteiger charge is -2.27. The van der Waals surface area contributed by atoms with E-state index >= 15 is 0 Å². The summed E-state index contributed by atoms with van der Waals surface area (Å²) >= 11 is 2.05. The van der Waals surface area contributed by atoms with E-state index in [4.69, 9.17) is 34.2 Å². The second-order valence-corrected chi connectivity index (χ2v) is 10.1. The number of nitrogens with two attached hydrogens (primary N) is 1. The Bertz CT molecular complexity index is 441. The zero-order valence-corrected chi connectivity index (χ0v) is 28.9. The third-order valence-corrected chi connectivity index (χ3v) is 3.92. The fourth-order valence-corrected chi connectivity index (χ4v) is 2.28. The Morgan fingerprint density at radius 3 is 1.31 bits per heavy atom. The van der Waals surface area contributed by atoms with Gasteiger partial charge in [0.1, 0.15) is 5.60 Å². The Balaban J connectivity index is -0.000000593. The largest absolute Gasteiger partial charge is 0.444 e. The molecule has 0 saturated heterocycles. The first-order chi connectivity index (χ1) is 18.6. The number of amides is 1. The smallest absolute Gasteiger partial charge is 0.410 e. The third-order valence-electron chi connectivity index (χ3n) is 3.38. The van der Waals surface area contributed by atoms with Crippen molar-refractivity contribution >= 4 is 29.0 Å². The molecule has 0 saturated carbocycles. The van der Waals surface area contributed by atoms with Crippen LogP contribution in [-0.2, 0) is 28.4 Å². The van der Waals surface area contributed by atoms with Crippen LogP contribution >= 0.6 is 22.9 Å². The van der Waals surface area contributed by atoms with Crippen LogP contribution in [0.5, 0.6) is 0 Å². The molecule has 0 fully saturated rings. The molecule has 0 aliphatic carbocycles. The predicted molar refractivity (Wildman–Crippen MR) is 171 cm³/mol. The van der Waals surface area contributed by atoms with Crippen LogP contribution in [0.2, 0.25) is 0 Å². The molecule has 0 aliphatic heterocycles. The first kappa shape index (κ1) is 45.7. The van der Waals surface area contributed by atoms with Gasteiger partial charge < -0.3 is 39.1 Å². The molecule has 1 amide bonds. The number of nitrogens with one attached hydrogen (secondary N) is 1. The van der Waals surface area contributed by atoms with Gasteiger partial charge in [-0.3, -0.25) is 3.53 Å². The summed E-state index contributed by atoms with van der Waals surface area (Å²) in [7, 11) is 0. The molecule has 0 unspecified atom stereocenters. The van der Waals surface area contributed by atoms with E-state index in [0.717, 1.165) is 0 Å². The molecule has 0 aromatic rings. The summed E-state index contributed by atoms with van der Waals surface area (Å²) in [5, 5.41) is 0. The van der Waals surface area contributed by atoms with Gasteiger partial charge in [-0.15, -0.1) is 0 Å². The average Bonchev–Trinajstić information content (AvgIpc) is 2.86. The van der Waals surface area contributed by atoms with Crippen molar-refractivity contribution in [3.8, 4) is 0 Å². The van der Waals surface area contributed by atoms with Crippen LogP contribution in [0.25, 0.3) is 0 Å². The first-order valence-electron chi connectivity index (χ1n) is 14.5. The number of hydrogen-bond donors (Lipinski definition) is 2. The molecule has 0 aromatic carbocycles. The molecule has 11 heteroatoms. The van der Waals surface area contributed by atoms with Gasteiger partial charge in [0, 0.05) is 49.0 Å². The van der Waals surface area contributed by atoms with Crippen molar-refractivity contribution in [1.82, 2.24) is 8.43 Å². The number of halogens is 1. The number of nitrogens with zero attached hydrogens (tertiary/aromatic N) is 1. The van der Waals surface area contributed by atoms with Crippen LogP contribution in [0, 0.1) is 0 Å². The minimum atomic E-state index is -0.519. The number of rotatable bonds is 20. The van der Waals surface area contributed by atoms with E-state index in [9.17, 15) is 4.79 Å². The summed E-state index contributed by atoms with van der Waals surface area (Å²) in [6, 6.07) is 0. The standard InChI is InChI=1S/C19H40IN3O7.3C3H8/c1-19(2,3)30-18(24)23(6-5-22-20)7-9-26-11-13-28-15-17-29-16-14-27-12-10-25-8-4-21;3*1-3-2/h22H,4-17,21H2,1-3H3;3*3H2,1-2H3. The van der Waals surface area contributed by atoms with E-state index in [0.29, 0.717) is 92.2 Å². The quantitative estimate of drug-likeness (QED) is 0.0984. The van der Waals surface area contributed by atoms with Crippen molar-refractivity contribution in [2.75, 3.05) is 92.2 Å². The van der Waals surface area contributed by atoms with E-state index in [1.807, 2.05) is 20.8 Å². The summed E-state index contributed by atoms with van der Waals surface area (Å²) < 4.78 is 35.4. The maximum absolute atomic E-state index is 12.2. The van der Waals surface area contributed by atoms with Gasteiger partial charge in [-0.1, -0.05) is 60.8 Å². The molecule has 0 spiro atoms. The highest BCUT2D eigenvalue weighted by atomic mass is 127. The number of ether oxygens (including phenoxy) is 6. The van der Waals surface area contributed by atoms with Crippen LogP contribution in [0.15, 0.2) is 0 Å². The van der Waals surface area contributed by atoms with Gasteiger partial charge >= 0.3 is 6.09 Å². The average molecular weight is 682 g/mol. The molecule has 0 radical (unpaired) electrons. The van der Waals surface area contributed by atoms with Crippen molar-refractivity contribution in [3.05, 3.63) is 0 Å². The lowest BCUT2D eigenvalue weighted by atomic mass is 10.2. The highest BCUT2D eigenvalue weighted by Gasteiger charge is 2.21. The Morgan fingerprint density at radius 2 is 1.00 bits per heavy atom. The molecule has 0 aromatic heterocycles. The van der Waals surface area contributed by atoms with Crippen LogP contribution in [0.3, 0.4) is 0 Å². The molecule has 0 rings (SSSR count). The summed E-state index contributed by atoms with van der Waals surface area (Å²) in [5.74, 6) is 0. The molecule has 3 N–H and O–H groups in total. The molecule has 0 aliphatic rings. The zero-order valence-electron chi connectivity index (χ0n) is 26.8. The van der Waals surface area contributed by atoms with Crippen LogP contribution in [0.4, 0.5) is 4.79 Å². The molecule has 240 valence electrons. The lowest BCUT2D eigenvalue weighted by molar-refractivity contribution is -0.0133. The van der Waals surface area contributed by atoms with Crippen molar-refractivity contribution in [1.29, 1.82) is 0 Å². The Hall–Kier alpha value is -0.280. The van der Waals surface area contributed by atoms with Gasteiger partial charge in [0.25, 0.3) is 0 Å². The Kier molecular flexibility index (Phi) is 46.7. The molecule has 39 heavy (non-hydrogen) atoms. The van der Waals surface area contributed by atoms with Crippen LogP contribution < -0.4 is 9.26 Å². The molecule has 0 atom stereocenters. The number of hydrogen-bond acceptors (Lipinski definition) is 9. The highest BCUT2D eigenvalue weighted by molar-refractivity contribution is 14.1. The van der Waals surface area contributed by atoms with E-state index < -0.39 is 5.60 Å². The van der Waals surface area contributed by atoms with Gasteiger partial charge in [0.05, 0.1) is 66.1 Å². The van der Waals surface area contributed by atoms with Gasteiger partial charge in [-0.05, 0) is 20.8 Å². The zero-order chi connectivity index (χ0) is 30.6. The maximum Gasteiger partial charge on any atom is 0.410 e. The van der Waals surface area contributed by atoms with Crippen LogP contribution in [-0.4, -0.2) is 109 Å². The predicted octanol–water partition coefficient (Wildman–Crippen LogP) is 5.45. The monoisotopic (exact) mass is 681 g/mol. The summed E-state index contributed by atoms with van der Waals surface area (Å²) in [5.41, 5.74) is 4.79. The summed E-state index contributed by atoms with van der Waals surface area (Å²) in [4.78, 5) is 13.9. The topological polar surface area (TPSA) is 114 Å². The summed E-state index contributed by atoms with van der Waals surface area (Å²) in [6.07, 6.45) is 3.42. The van der Waals surface area contributed by atoms with Crippen molar-refractivity contribution < 1.29 is 33.2 Å². The van der Waals surface area contributed by atoms with E-state index in [2.05, 4.69) is 67.9 Å². The number of carbonyl (C=O) groups excluding carboxylic acids is 1. The molecule has 0 bridgehead atoms. The van der Waals surface area contributed by atoms with Gasteiger partial charge in [0.15, 0.2) is 0 Å². The normalized spacial score (nSPS) is 10.3. The van der Waals surface area contributed by atoms with Crippen molar-refractivity contribution in [2.45, 2.75) is 87.2 Å². The van der Waals surface area contributed by atoms with Crippen molar-refractivity contribution in [3.63, 3.8) is 0 Å². The fourth-order valence-electron chi connectivity index (χ4n) is 2.04. The summed E-state index contributed by atoms with van der Waals surface area (Å²) in [6.45, 7) is 25.6. The van der Waals surface area contributed by atoms with E-state index in [1.54, 1.807) is 4.90 Å². The second kappa shape index (κ2) is 39.9. The first-order valence-corrected chi connectivity index (χ1v) is 15.6. The van der Waals surface area contributed by atoms with E-state index in [-0.39, 0.29) is 6.09 Å². The minimum absolute atomic E-state index is 0.335. The molecular formula is C28H64IN3O7. The van der Waals surface area contributed by atoms with Gasteiger partial charge in [-0.25, -0.2) is 4.79 Å². The SMILES string of the molecule is CC(C)(C)OC(=O)N(CCNI)CCOCCOCCOCCOCCOCCN.CCC.CCC.CCC. The fraction of sp³-hybridized carbons (Fsp3) is 0.964. The number of carbonyl (C=O) groups is 1. The van der Waals surface area contributed by atoms with Gasteiger partial charge in [0.2, 0.25) is 0 Å². The van der Waals surface area contributed by atoms with Gasteiger partial charge in [-0.2, -0.15) is 0 Å².